The summed E-state index contributed by atoms with van der Waals surface area (Å²) in [5, 5.41) is 3.47. The summed E-state index contributed by atoms with van der Waals surface area (Å²) in [4.78, 5) is 21.4. The lowest BCUT2D eigenvalue weighted by molar-refractivity contribution is -0.119. The van der Waals surface area contributed by atoms with Gasteiger partial charge in [-0.3, -0.25) is 9.69 Å². The molecule has 3 heterocycles. The van der Waals surface area contributed by atoms with Gasteiger partial charge in [-0.25, -0.2) is 4.98 Å². The van der Waals surface area contributed by atoms with Crippen molar-refractivity contribution in [3.8, 4) is 0 Å². The first-order valence-corrected chi connectivity index (χ1v) is 11.9. The Bertz CT molecular complexity index is 773. The van der Waals surface area contributed by atoms with Crippen molar-refractivity contribution in [2.75, 3.05) is 37.6 Å². The number of anilines is 1. The number of nitrogens with zero attached hydrogens (tertiary/aromatic N) is 3. The van der Waals surface area contributed by atoms with Gasteiger partial charge in [0.25, 0.3) is 0 Å². The second-order valence-electron chi connectivity index (χ2n) is 8.57. The monoisotopic (exact) mass is 399 g/mol. The zero-order chi connectivity index (χ0) is 19.3. The number of piperazine rings is 1. The van der Waals surface area contributed by atoms with Crippen LogP contribution in [0.4, 0.5) is 5.82 Å². The van der Waals surface area contributed by atoms with E-state index in [-0.39, 0.29) is 0 Å². The van der Waals surface area contributed by atoms with Gasteiger partial charge < -0.3 is 4.90 Å². The average molecular weight is 400 g/mol. The first-order valence-electron chi connectivity index (χ1n) is 11.0. The van der Waals surface area contributed by atoms with Gasteiger partial charge >= 0.3 is 0 Å². The summed E-state index contributed by atoms with van der Waals surface area (Å²) >= 11 is 1.80. The number of pyridine rings is 1. The number of carbonyl (C=O) groups excluding carboxylic acids is 1. The van der Waals surface area contributed by atoms with Crippen LogP contribution in [0.5, 0.6) is 0 Å². The topological polar surface area (TPSA) is 36.4 Å². The van der Waals surface area contributed by atoms with E-state index in [2.05, 4.69) is 32.3 Å². The van der Waals surface area contributed by atoms with Crippen molar-refractivity contribution in [3.05, 3.63) is 23.7 Å². The molecule has 0 amide bonds. The van der Waals surface area contributed by atoms with E-state index in [0.717, 1.165) is 38.5 Å². The van der Waals surface area contributed by atoms with Crippen LogP contribution in [0.15, 0.2) is 23.7 Å². The molecule has 4 nitrogen and oxygen atoms in total. The molecule has 2 aromatic heterocycles. The predicted molar refractivity (Wildman–Crippen MR) is 118 cm³/mol. The molecule has 2 aromatic rings. The van der Waals surface area contributed by atoms with Gasteiger partial charge in [0.1, 0.15) is 11.6 Å². The molecule has 5 heteroatoms. The molecule has 0 atom stereocenters. The normalized spacial score (nSPS) is 24.0. The molecule has 152 valence electrons. The summed E-state index contributed by atoms with van der Waals surface area (Å²) in [6, 6.07) is 4.33. The van der Waals surface area contributed by atoms with Crippen molar-refractivity contribution in [1.29, 1.82) is 0 Å². The number of fused-ring (bicyclic) bond motifs is 1. The number of carbonyl (C=O) groups is 1. The minimum absolute atomic E-state index is 0.453. The molecular weight excluding hydrogens is 366 g/mol. The maximum atomic E-state index is 11.7. The van der Waals surface area contributed by atoms with E-state index in [1.807, 2.05) is 13.1 Å². The lowest BCUT2D eigenvalue weighted by atomic mass is 9.78. The molecule has 0 spiro atoms. The Kier molecular flexibility index (Phi) is 6.63. The van der Waals surface area contributed by atoms with Crippen molar-refractivity contribution in [3.63, 3.8) is 0 Å². The molecule has 1 aliphatic heterocycles. The van der Waals surface area contributed by atoms with Crippen LogP contribution in [0.2, 0.25) is 0 Å². The van der Waals surface area contributed by atoms with Crippen LogP contribution in [0.25, 0.3) is 10.1 Å². The minimum atomic E-state index is 0.453. The highest BCUT2D eigenvalue weighted by Gasteiger charge is 2.24. The molecule has 1 saturated carbocycles. The maximum absolute atomic E-state index is 11.7. The van der Waals surface area contributed by atoms with Crippen LogP contribution in [-0.2, 0) is 4.79 Å². The number of thiophene rings is 1. The quantitative estimate of drug-likeness (QED) is 0.658. The molecule has 1 saturated heterocycles. The Morgan fingerprint density at radius 1 is 1.11 bits per heavy atom. The van der Waals surface area contributed by atoms with Crippen LogP contribution in [0, 0.1) is 11.8 Å². The molecule has 1 aliphatic carbocycles. The highest BCUT2D eigenvalue weighted by atomic mass is 32.1. The van der Waals surface area contributed by atoms with Gasteiger partial charge in [-0.05, 0) is 55.2 Å². The Labute approximate surface area is 172 Å². The van der Waals surface area contributed by atoms with Crippen molar-refractivity contribution >= 4 is 33.0 Å². The number of hydrogen-bond donors (Lipinski definition) is 0. The number of hydrogen-bond acceptors (Lipinski definition) is 5. The molecule has 0 bridgehead atoms. The Hall–Kier alpha value is -1.46. The Balaban J connectivity index is 1.19. The van der Waals surface area contributed by atoms with E-state index < -0.39 is 0 Å². The van der Waals surface area contributed by atoms with Gasteiger partial charge in [-0.2, -0.15) is 0 Å². The van der Waals surface area contributed by atoms with Crippen molar-refractivity contribution in [2.24, 2.45) is 11.8 Å². The fourth-order valence-electron chi connectivity index (χ4n) is 4.87. The molecule has 0 radical (unpaired) electrons. The fourth-order valence-corrected chi connectivity index (χ4v) is 5.65. The third-order valence-electron chi connectivity index (χ3n) is 6.76. The molecule has 0 unspecified atom stereocenters. The lowest BCUT2D eigenvalue weighted by Gasteiger charge is -2.37. The van der Waals surface area contributed by atoms with Gasteiger partial charge in [0.2, 0.25) is 0 Å². The van der Waals surface area contributed by atoms with E-state index in [0.29, 0.717) is 18.1 Å². The first kappa shape index (κ1) is 19.8. The second-order valence-corrected chi connectivity index (χ2v) is 9.52. The number of ketones is 1. The summed E-state index contributed by atoms with van der Waals surface area (Å²) < 4.78 is 1.34. The second kappa shape index (κ2) is 9.36. The zero-order valence-corrected chi connectivity index (χ0v) is 17.9. The summed E-state index contributed by atoms with van der Waals surface area (Å²) in [6.45, 7) is 7.66. The Morgan fingerprint density at radius 2 is 1.86 bits per heavy atom. The predicted octanol–water partition coefficient (Wildman–Crippen LogP) is 4.98. The number of Topliss-reactive ketones (excluding diaryl/α,β-unsaturated/α-hetero) is 1. The summed E-state index contributed by atoms with van der Waals surface area (Å²) in [5.74, 6) is 3.15. The van der Waals surface area contributed by atoms with E-state index >= 15 is 0 Å². The maximum Gasteiger partial charge on any atom is 0.137 e. The third-order valence-corrected chi connectivity index (χ3v) is 7.64. The van der Waals surface area contributed by atoms with Gasteiger partial charge in [0.05, 0.1) is 0 Å². The SMILES string of the molecule is CCC(=O)CC1CCC(CCN2CCN(c3nccc4sccc34)CC2)CC1. The zero-order valence-electron chi connectivity index (χ0n) is 17.1. The first-order chi connectivity index (χ1) is 13.7. The van der Waals surface area contributed by atoms with Crippen molar-refractivity contribution in [2.45, 2.75) is 51.9 Å². The standard InChI is InChI=1S/C23H33N3OS/c1-2-20(27)17-19-5-3-18(4-6-19)8-11-25-12-14-26(15-13-25)23-21-9-16-28-22(21)7-10-24-23/h7,9-10,16,18-19H,2-6,8,11-15,17H2,1H3. The van der Waals surface area contributed by atoms with Crippen LogP contribution >= 0.6 is 11.3 Å². The third kappa shape index (κ3) is 4.74. The molecule has 0 aromatic carbocycles. The van der Waals surface area contributed by atoms with Crippen LogP contribution in [-0.4, -0.2) is 48.4 Å². The molecule has 4 rings (SSSR count). The van der Waals surface area contributed by atoms with Gasteiger partial charge in [0.15, 0.2) is 0 Å². The average Bonchev–Trinajstić information content (AvgIpc) is 3.22. The smallest absolute Gasteiger partial charge is 0.137 e. The molecular formula is C23H33N3OS. The largest absolute Gasteiger partial charge is 0.354 e. The van der Waals surface area contributed by atoms with E-state index in [1.54, 1.807) is 11.3 Å². The van der Waals surface area contributed by atoms with Gasteiger partial charge in [-0.15, -0.1) is 11.3 Å². The van der Waals surface area contributed by atoms with Crippen molar-refractivity contribution < 1.29 is 4.79 Å². The molecule has 2 aliphatic rings. The lowest BCUT2D eigenvalue weighted by Crippen LogP contribution is -2.47. The van der Waals surface area contributed by atoms with Gasteiger partial charge in [-0.1, -0.05) is 19.8 Å². The summed E-state index contributed by atoms with van der Waals surface area (Å²) in [6.07, 6.45) is 9.99. The number of rotatable bonds is 7. The summed E-state index contributed by atoms with van der Waals surface area (Å²) in [5.41, 5.74) is 0. The van der Waals surface area contributed by atoms with Gasteiger partial charge in [0, 0.05) is 55.3 Å². The van der Waals surface area contributed by atoms with Crippen LogP contribution < -0.4 is 4.90 Å². The minimum Gasteiger partial charge on any atom is -0.354 e. The fraction of sp³-hybridized carbons (Fsp3) is 0.652. The number of aromatic nitrogens is 1. The van der Waals surface area contributed by atoms with E-state index in [9.17, 15) is 4.79 Å². The highest BCUT2D eigenvalue weighted by Crippen LogP contribution is 2.33. The Morgan fingerprint density at radius 3 is 2.61 bits per heavy atom. The van der Waals surface area contributed by atoms with Crippen molar-refractivity contribution in [1.82, 2.24) is 9.88 Å². The highest BCUT2D eigenvalue weighted by molar-refractivity contribution is 7.17. The molecule has 2 fully saturated rings. The summed E-state index contributed by atoms with van der Waals surface area (Å²) in [7, 11) is 0. The van der Waals surface area contributed by atoms with Crippen LogP contribution in [0.3, 0.4) is 0 Å². The van der Waals surface area contributed by atoms with E-state index in [4.69, 9.17) is 0 Å². The molecule has 0 N–H and O–H groups in total. The van der Waals surface area contributed by atoms with Crippen LogP contribution in [0.1, 0.15) is 51.9 Å². The molecule has 28 heavy (non-hydrogen) atoms. The van der Waals surface area contributed by atoms with E-state index in [1.165, 1.54) is 54.6 Å².